The van der Waals surface area contributed by atoms with Crippen LogP contribution in [0.5, 0.6) is 0 Å². The molecule has 0 saturated heterocycles. The molecule has 0 atom stereocenters. The maximum Gasteiger partial charge on any atom is 0.148 e. The van der Waals surface area contributed by atoms with Crippen molar-refractivity contribution < 1.29 is 0 Å². The Kier molecular flexibility index (Phi) is 7.85. The maximum absolute atomic E-state index is 5.46. The first kappa shape index (κ1) is 12.1. The van der Waals surface area contributed by atoms with Crippen molar-refractivity contribution in [3.63, 3.8) is 0 Å². The Labute approximate surface area is 82.1 Å². The van der Waals surface area contributed by atoms with Crippen molar-refractivity contribution in [3.05, 3.63) is 12.0 Å². The van der Waals surface area contributed by atoms with Crippen LogP contribution in [-0.4, -0.2) is 44.8 Å². The van der Waals surface area contributed by atoms with Gasteiger partial charge in [-0.15, -0.1) is 36.8 Å². The van der Waals surface area contributed by atoms with Crippen LogP contribution in [0.2, 0.25) is 24.9 Å². The molecule has 0 nitrogen and oxygen atoms in total. The summed E-state index contributed by atoms with van der Waals surface area (Å²) in [5.41, 5.74) is 0. The highest BCUT2D eigenvalue weighted by Gasteiger charge is 2.05. The van der Waals surface area contributed by atoms with Crippen molar-refractivity contribution >= 4 is 44.8 Å². The molecule has 0 aromatic carbocycles. The van der Waals surface area contributed by atoms with E-state index >= 15 is 0 Å². The van der Waals surface area contributed by atoms with Gasteiger partial charge >= 0.3 is 0 Å². The molecule has 0 saturated carbocycles. The van der Waals surface area contributed by atoms with E-state index in [1.54, 1.807) is 0 Å². The van der Waals surface area contributed by atoms with E-state index in [2.05, 4.69) is 0 Å². The number of hydrogen-bond donors (Lipinski definition) is 0. The van der Waals surface area contributed by atoms with E-state index in [-0.39, 0.29) is 13.4 Å². The fourth-order valence-electron chi connectivity index (χ4n) is 0.821. The molecular formula is C6H10B6. The largest absolute Gasteiger partial charge is 0.148 e. The first-order valence-electron chi connectivity index (χ1n) is 4.27. The highest BCUT2D eigenvalue weighted by Crippen LogP contribution is 2.00. The van der Waals surface area contributed by atoms with Gasteiger partial charge in [-0.05, 0) is 0 Å². The third-order valence-corrected chi connectivity index (χ3v) is 1.87. The Hall–Kier alpha value is 0.130. The Bertz CT molecular complexity index is 103. The van der Waals surface area contributed by atoms with Gasteiger partial charge in [0.1, 0.15) is 13.4 Å². The smallest absolute Gasteiger partial charge is 0.129 e. The molecule has 0 aromatic heterocycles. The molecule has 52 valence electrons. The predicted molar refractivity (Wildman–Crippen MR) is 62.9 cm³/mol. The second-order valence-electron chi connectivity index (χ2n) is 2.85. The monoisotopic (exact) mass is 148 g/mol. The zero-order chi connectivity index (χ0) is 9.40. The quantitative estimate of drug-likeness (QED) is 0.468. The van der Waals surface area contributed by atoms with Gasteiger partial charge in [-0.3, -0.25) is 0 Å². The molecule has 0 aliphatic rings. The molecule has 0 aliphatic heterocycles. The SMILES string of the molecule is [B]CB(/C=C/B(C[B])C[B])C[B]. The second-order valence-corrected chi connectivity index (χ2v) is 2.85. The van der Waals surface area contributed by atoms with Crippen LogP contribution in [0, 0.1) is 0 Å². The lowest BCUT2D eigenvalue weighted by Gasteiger charge is -2.04. The third-order valence-electron chi connectivity index (χ3n) is 1.87. The van der Waals surface area contributed by atoms with E-state index in [1.165, 1.54) is 0 Å². The fraction of sp³-hybridized carbons (Fsp3) is 0.667. The van der Waals surface area contributed by atoms with Crippen molar-refractivity contribution in [2.45, 2.75) is 24.9 Å². The molecule has 0 N–H and O–H groups in total. The van der Waals surface area contributed by atoms with Crippen LogP contribution in [0.4, 0.5) is 0 Å². The predicted octanol–water partition coefficient (Wildman–Crippen LogP) is 0.115. The van der Waals surface area contributed by atoms with E-state index in [9.17, 15) is 0 Å². The molecule has 0 heterocycles. The Balaban J connectivity index is 3.83. The van der Waals surface area contributed by atoms with Crippen molar-refractivity contribution in [1.29, 1.82) is 0 Å². The molecule has 0 aromatic rings. The molecule has 0 spiro atoms. The van der Waals surface area contributed by atoms with Crippen LogP contribution in [0.25, 0.3) is 0 Å². The summed E-state index contributed by atoms with van der Waals surface area (Å²) in [6, 6.07) is 0. The van der Waals surface area contributed by atoms with Crippen LogP contribution in [-0.2, 0) is 0 Å². The topological polar surface area (TPSA) is 0 Å². The second kappa shape index (κ2) is 7.76. The third kappa shape index (κ3) is 4.90. The molecule has 0 bridgehead atoms. The average molecular weight is 147 g/mol. The molecule has 8 radical (unpaired) electrons. The van der Waals surface area contributed by atoms with Crippen LogP contribution >= 0.6 is 0 Å². The molecular weight excluding hydrogens is 137 g/mol. The lowest BCUT2D eigenvalue weighted by molar-refractivity contribution is 1.78. The highest BCUT2D eigenvalue weighted by molar-refractivity contribution is 6.79. The van der Waals surface area contributed by atoms with Crippen LogP contribution in [0.15, 0.2) is 12.0 Å². The van der Waals surface area contributed by atoms with E-state index < -0.39 is 0 Å². The maximum atomic E-state index is 5.46. The van der Waals surface area contributed by atoms with Crippen LogP contribution < -0.4 is 0 Å². The fourth-order valence-corrected chi connectivity index (χ4v) is 0.821. The lowest BCUT2D eigenvalue weighted by Crippen LogP contribution is -2.13. The first-order chi connectivity index (χ1) is 5.78. The van der Waals surface area contributed by atoms with Gasteiger partial charge in [0.05, 0.1) is 31.4 Å². The van der Waals surface area contributed by atoms with Crippen LogP contribution in [0.3, 0.4) is 0 Å². The van der Waals surface area contributed by atoms with Crippen molar-refractivity contribution in [2.75, 3.05) is 0 Å². The van der Waals surface area contributed by atoms with E-state index in [1.807, 2.05) is 12.0 Å². The molecule has 12 heavy (non-hydrogen) atoms. The standard InChI is InChI=1S/C6H10B6/c7-3-11(4-8)1-2-12(5-9)6-10/h1-2H,3-6H2/b2-1+. The zero-order valence-electron chi connectivity index (χ0n) is 7.45. The summed E-state index contributed by atoms with van der Waals surface area (Å²) in [4.78, 5) is 0. The average Bonchev–Trinajstić information content (AvgIpc) is 2.13. The van der Waals surface area contributed by atoms with E-state index in [0.29, 0.717) is 24.9 Å². The summed E-state index contributed by atoms with van der Waals surface area (Å²) >= 11 is 0. The minimum Gasteiger partial charge on any atom is -0.129 e. The van der Waals surface area contributed by atoms with Crippen molar-refractivity contribution in [2.24, 2.45) is 0 Å². The van der Waals surface area contributed by atoms with Crippen LogP contribution in [0.1, 0.15) is 0 Å². The Morgan fingerprint density at radius 3 is 1.08 bits per heavy atom. The lowest BCUT2D eigenvalue weighted by atomic mass is 9.32. The minimum atomic E-state index is 0.255. The van der Waals surface area contributed by atoms with Gasteiger partial charge in [-0.1, -0.05) is 0 Å². The normalized spacial score (nSPS) is 10.3. The number of hydrogen-bond acceptors (Lipinski definition) is 0. The summed E-state index contributed by atoms with van der Waals surface area (Å²) in [5, 5.41) is 0. The van der Waals surface area contributed by atoms with Gasteiger partial charge in [-0.2, -0.15) is 0 Å². The highest BCUT2D eigenvalue weighted by atomic mass is 13.6. The minimum absolute atomic E-state index is 0.255. The van der Waals surface area contributed by atoms with Gasteiger partial charge < -0.3 is 0 Å². The van der Waals surface area contributed by atoms with Gasteiger partial charge in [0.15, 0.2) is 0 Å². The Morgan fingerprint density at radius 2 is 0.917 bits per heavy atom. The van der Waals surface area contributed by atoms with E-state index in [0.717, 1.165) is 0 Å². The van der Waals surface area contributed by atoms with Crippen molar-refractivity contribution in [1.82, 2.24) is 0 Å². The van der Waals surface area contributed by atoms with Gasteiger partial charge in [0, 0.05) is 0 Å². The molecule has 0 rings (SSSR count). The molecule has 0 aliphatic carbocycles. The van der Waals surface area contributed by atoms with Gasteiger partial charge in [0.25, 0.3) is 0 Å². The number of rotatable bonds is 6. The Morgan fingerprint density at radius 1 is 0.667 bits per heavy atom. The molecule has 6 heteroatoms. The molecule has 0 amide bonds. The summed E-state index contributed by atoms with van der Waals surface area (Å²) < 4.78 is 0. The zero-order valence-corrected chi connectivity index (χ0v) is 7.45. The van der Waals surface area contributed by atoms with Gasteiger partial charge in [-0.25, -0.2) is 0 Å². The molecule has 0 unspecified atom stereocenters. The molecule has 0 fully saturated rings. The van der Waals surface area contributed by atoms with Gasteiger partial charge in [0.2, 0.25) is 0 Å². The summed E-state index contributed by atoms with van der Waals surface area (Å²) in [6.07, 6.45) is 2.31. The summed E-state index contributed by atoms with van der Waals surface area (Å²) in [7, 11) is 21.8. The summed E-state index contributed by atoms with van der Waals surface area (Å²) in [5.74, 6) is 4.01. The van der Waals surface area contributed by atoms with E-state index in [4.69, 9.17) is 31.4 Å². The first-order valence-corrected chi connectivity index (χ1v) is 4.27. The summed E-state index contributed by atoms with van der Waals surface area (Å²) in [6.45, 7) is 0.510. The van der Waals surface area contributed by atoms with Crippen molar-refractivity contribution in [3.8, 4) is 0 Å².